The van der Waals surface area contributed by atoms with Crippen molar-refractivity contribution in [1.29, 1.82) is 0 Å². The zero-order valence-corrected chi connectivity index (χ0v) is 18.2. The predicted octanol–water partition coefficient (Wildman–Crippen LogP) is 3.88. The first-order valence-electron chi connectivity index (χ1n) is 11.2. The summed E-state index contributed by atoms with van der Waals surface area (Å²) in [6.07, 6.45) is 5.64. The lowest BCUT2D eigenvalue weighted by atomic mass is 9.88. The number of aromatic nitrogens is 2. The van der Waals surface area contributed by atoms with Gasteiger partial charge >= 0.3 is 0 Å². The molecule has 1 aliphatic carbocycles. The van der Waals surface area contributed by atoms with E-state index in [-0.39, 0.29) is 11.8 Å². The molecule has 158 valence electrons. The van der Waals surface area contributed by atoms with Gasteiger partial charge in [-0.15, -0.1) is 0 Å². The Bertz CT molecular complexity index is 844. The number of carbonyl (C=O) groups is 1. The number of fused-ring (bicyclic) bond motifs is 1. The van der Waals surface area contributed by atoms with Crippen molar-refractivity contribution >= 4 is 22.6 Å². The van der Waals surface area contributed by atoms with Gasteiger partial charge in [0.05, 0.1) is 17.6 Å². The Hall–Kier alpha value is -1.92. The van der Waals surface area contributed by atoms with Crippen LogP contribution < -0.4 is 5.32 Å². The molecule has 1 aliphatic heterocycles. The predicted molar refractivity (Wildman–Crippen MR) is 118 cm³/mol. The van der Waals surface area contributed by atoms with Crippen molar-refractivity contribution in [2.45, 2.75) is 58.5 Å². The summed E-state index contributed by atoms with van der Waals surface area (Å²) in [4.78, 5) is 22.5. The van der Waals surface area contributed by atoms with Gasteiger partial charge in [0.2, 0.25) is 5.91 Å². The number of benzene rings is 1. The van der Waals surface area contributed by atoms with Crippen molar-refractivity contribution in [2.24, 2.45) is 5.92 Å². The van der Waals surface area contributed by atoms with Crippen LogP contribution in [0, 0.1) is 5.92 Å². The number of amides is 1. The van der Waals surface area contributed by atoms with E-state index < -0.39 is 0 Å². The SMILES string of the molecule is CC(C)n1c(CN2CCN(C)CC2)nc2cc(NC(=O)C3CCCCC3)ccc21. The number of anilines is 1. The molecule has 0 spiro atoms. The number of likely N-dealkylation sites (N-methyl/N-ethyl adjacent to an activating group) is 1. The number of rotatable bonds is 5. The topological polar surface area (TPSA) is 53.4 Å². The molecule has 1 saturated heterocycles. The minimum absolute atomic E-state index is 0.167. The highest BCUT2D eigenvalue weighted by atomic mass is 16.1. The third-order valence-electron chi connectivity index (χ3n) is 6.48. The van der Waals surface area contributed by atoms with Crippen LogP contribution in [-0.2, 0) is 11.3 Å². The fraction of sp³-hybridized carbons (Fsp3) is 0.652. The quantitative estimate of drug-likeness (QED) is 0.832. The molecule has 6 heteroatoms. The van der Waals surface area contributed by atoms with Gasteiger partial charge in [-0.25, -0.2) is 4.98 Å². The number of hydrogen-bond acceptors (Lipinski definition) is 4. The first-order valence-corrected chi connectivity index (χ1v) is 11.2. The summed E-state index contributed by atoms with van der Waals surface area (Å²) in [6, 6.07) is 6.54. The lowest BCUT2D eigenvalue weighted by Gasteiger charge is -2.32. The molecule has 0 unspecified atom stereocenters. The van der Waals surface area contributed by atoms with Crippen LogP contribution in [0.1, 0.15) is 57.8 Å². The van der Waals surface area contributed by atoms with Gasteiger partial charge in [-0.3, -0.25) is 9.69 Å². The van der Waals surface area contributed by atoms with E-state index >= 15 is 0 Å². The van der Waals surface area contributed by atoms with Crippen LogP contribution in [-0.4, -0.2) is 58.5 Å². The summed E-state index contributed by atoms with van der Waals surface area (Å²) in [7, 11) is 2.18. The van der Waals surface area contributed by atoms with E-state index in [0.29, 0.717) is 6.04 Å². The highest BCUT2D eigenvalue weighted by molar-refractivity contribution is 5.94. The smallest absolute Gasteiger partial charge is 0.227 e. The van der Waals surface area contributed by atoms with Gasteiger partial charge in [0.15, 0.2) is 0 Å². The Morgan fingerprint density at radius 2 is 1.86 bits per heavy atom. The molecule has 1 amide bonds. The molecule has 0 bridgehead atoms. The Morgan fingerprint density at radius 1 is 1.14 bits per heavy atom. The molecule has 2 aromatic rings. The summed E-state index contributed by atoms with van der Waals surface area (Å²) >= 11 is 0. The standard InChI is InChI=1S/C23H35N5O/c1-17(2)28-21-10-9-19(24-23(29)18-7-5-4-6-8-18)15-20(21)25-22(28)16-27-13-11-26(3)12-14-27/h9-10,15,17-18H,4-8,11-14,16H2,1-3H3,(H,24,29). The monoisotopic (exact) mass is 397 g/mol. The number of nitrogens with zero attached hydrogens (tertiary/aromatic N) is 4. The Labute approximate surface area is 174 Å². The van der Waals surface area contributed by atoms with Crippen molar-refractivity contribution in [1.82, 2.24) is 19.4 Å². The fourth-order valence-electron chi connectivity index (χ4n) is 4.73. The molecule has 2 fully saturated rings. The molecule has 0 radical (unpaired) electrons. The zero-order chi connectivity index (χ0) is 20.4. The second kappa shape index (κ2) is 8.84. The maximum Gasteiger partial charge on any atom is 0.227 e. The van der Waals surface area contributed by atoms with Crippen LogP contribution in [0.25, 0.3) is 11.0 Å². The van der Waals surface area contributed by atoms with E-state index in [2.05, 4.69) is 46.6 Å². The van der Waals surface area contributed by atoms with Crippen molar-refractivity contribution in [3.63, 3.8) is 0 Å². The number of carbonyl (C=O) groups excluding carboxylic acids is 1. The van der Waals surface area contributed by atoms with E-state index in [1.54, 1.807) is 0 Å². The number of nitrogens with one attached hydrogen (secondary N) is 1. The van der Waals surface area contributed by atoms with Crippen LogP contribution >= 0.6 is 0 Å². The molecule has 2 heterocycles. The summed E-state index contributed by atoms with van der Waals surface area (Å²) in [5, 5.41) is 3.14. The average molecular weight is 398 g/mol. The van der Waals surface area contributed by atoms with E-state index in [4.69, 9.17) is 4.98 Å². The first kappa shape index (κ1) is 20.4. The molecule has 2 aliphatic rings. The summed E-state index contributed by atoms with van der Waals surface area (Å²) in [6.45, 7) is 9.70. The van der Waals surface area contributed by atoms with Gasteiger partial charge in [-0.05, 0) is 51.9 Å². The van der Waals surface area contributed by atoms with Gasteiger partial charge in [0, 0.05) is 43.8 Å². The van der Waals surface area contributed by atoms with E-state index in [9.17, 15) is 4.79 Å². The molecule has 1 saturated carbocycles. The Morgan fingerprint density at radius 3 is 2.55 bits per heavy atom. The molecule has 0 atom stereocenters. The second-order valence-electron chi connectivity index (χ2n) is 9.10. The summed E-state index contributed by atoms with van der Waals surface area (Å²) < 4.78 is 2.35. The lowest BCUT2D eigenvalue weighted by molar-refractivity contribution is -0.120. The molecule has 4 rings (SSSR count). The molecule has 29 heavy (non-hydrogen) atoms. The maximum atomic E-state index is 12.6. The van der Waals surface area contributed by atoms with Crippen LogP contribution in [0.5, 0.6) is 0 Å². The highest BCUT2D eigenvalue weighted by Crippen LogP contribution is 2.28. The third-order valence-corrected chi connectivity index (χ3v) is 6.48. The van der Waals surface area contributed by atoms with E-state index in [1.165, 1.54) is 19.3 Å². The normalized spacial score (nSPS) is 19.9. The van der Waals surface area contributed by atoms with Gasteiger partial charge in [0.25, 0.3) is 0 Å². The largest absolute Gasteiger partial charge is 0.326 e. The maximum absolute atomic E-state index is 12.6. The van der Waals surface area contributed by atoms with Crippen LogP contribution in [0.3, 0.4) is 0 Å². The Kier molecular flexibility index (Phi) is 6.20. The molecular formula is C23H35N5O. The van der Waals surface area contributed by atoms with Crippen LogP contribution in [0.2, 0.25) is 0 Å². The average Bonchev–Trinajstić information content (AvgIpc) is 3.07. The molecule has 1 N–H and O–H groups in total. The van der Waals surface area contributed by atoms with E-state index in [1.807, 2.05) is 12.1 Å². The zero-order valence-electron chi connectivity index (χ0n) is 18.2. The second-order valence-corrected chi connectivity index (χ2v) is 9.10. The summed E-state index contributed by atoms with van der Waals surface area (Å²) in [5.74, 6) is 1.46. The lowest BCUT2D eigenvalue weighted by Crippen LogP contribution is -2.44. The first-order chi connectivity index (χ1) is 14.0. The third kappa shape index (κ3) is 4.64. The van der Waals surface area contributed by atoms with Gasteiger partial charge in [-0.2, -0.15) is 0 Å². The number of imidazole rings is 1. The van der Waals surface area contributed by atoms with Crippen LogP contribution in [0.15, 0.2) is 18.2 Å². The van der Waals surface area contributed by atoms with Gasteiger partial charge in [-0.1, -0.05) is 19.3 Å². The fourth-order valence-corrected chi connectivity index (χ4v) is 4.73. The van der Waals surface area contributed by atoms with Crippen molar-refractivity contribution in [3.8, 4) is 0 Å². The Balaban J connectivity index is 1.53. The van der Waals surface area contributed by atoms with Gasteiger partial charge in [0.1, 0.15) is 5.82 Å². The van der Waals surface area contributed by atoms with Crippen molar-refractivity contribution < 1.29 is 4.79 Å². The minimum atomic E-state index is 0.167. The molecule has 1 aromatic heterocycles. The highest BCUT2D eigenvalue weighted by Gasteiger charge is 2.22. The minimum Gasteiger partial charge on any atom is -0.326 e. The van der Waals surface area contributed by atoms with Crippen molar-refractivity contribution in [2.75, 3.05) is 38.5 Å². The number of hydrogen-bond donors (Lipinski definition) is 1. The summed E-state index contributed by atoms with van der Waals surface area (Å²) in [5.41, 5.74) is 3.00. The van der Waals surface area contributed by atoms with E-state index in [0.717, 1.165) is 68.1 Å². The molecule has 1 aromatic carbocycles. The molecular weight excluding hydrogens is 362 g/mol. The number of piperazine rings is 1. The van der Waals surface area contributed by atoms with Crippen molar-refractivity contribution in [3.05, 3.63) is 24.0 Å². The van der Waals surface area contributed by atoms with Crippen LogP contribution in [0.4, 0.5) is 5.69 Å². The van der Waals surface area contributed by atoms with Gasteiger partial charge < -0.3 is 14.8 Å². The molecule has 6 nitrogen and oxygen atoms in total.